The summed E-state index contributed by atoms with van der Waals surface area (Å²) in [5.41, 5.74) is 0.822. The van der Waals surface area contributed by atoms with Crippen molar-refractivity contribution in [2.45, 2.75) is 59.9 Å². The van der Waals surface area contributed by atoms with Gasteiger partial charge in [0.25, 0.3) is 11.5 Å². The average Bonchev–Trinajstić information content (AvgIpc) is 2.79. The molecule has 0 saturated carbocycles. The van der Waals surface area contributed by atoms with Crippen molar-refractivity contribution in [3.05, 3.63) is 51.3 Å². The quantitative estimate of drug-likeness (QED) is 0.501. The smallest absolute Gasteiger partial charge is 0.281 e. The number of pyridine rings is 1. The predicted octanol–water partition coefficient (Wildman–Crippen LogP) is 5.12. The summed E-state index contributed by atoms with van der Waals surface area (Å²) in [7, 11) is 0. The molecule has 2 rings (SSSR count). The molecular weight excluding hydrogens is 406 g/mol. The fraction of sp³-hybridized carbons (Fsp3) is 0.458. The molecule has 0 radical (unpaired) electrons. The van der Waals surface area contributed by atoms with E-state index in [1.54, 1.807) is 31.2 Å². The number of benzene rings is 1. The monoisotopic (exact) mass is 437 g/mol. The van der Waals surface area contributed by atoms with E-state index < -0.39 is 5.56 Å². The van der Waals surface area contributed by atoms with E-state index in [4.69, 9.17) is 0 Å². The zero-order chi connectivity index (χ0) is 23.7. The Kier molecular flexibility index (Phi) is 9.14. The topological polar surface area (TPSA) is 120 Å². The van der Waals surface area contributed by atoms with Crippen LogP contribution in [-0.4, -0.2) is 22.1 Å². The van der Waals surface area contributed by atoms with Crippen LogP contribution in [0.2, 0.25) is 0 Å². The number of rotatable bonds is 10. The van der Waals surface area contributed by atoms with Gasteiger partial charge in [-0.2, -0.15) is 10.4 Å². The highest BCUT2D eigenvalue weighted by molar-refractivity contribution is 5.94. The normalized spacial score (nSPS) is 12.0. The van der Waals surface area contributed by atoms with Gasteiger partial charge in [0.05, 0.1) is 5.69 Å². The molecule has 32 heavy (non-hydrogen) atoms. The molecule has 1 atom stereocenters. The molecule has 0 aliphatic carbocycles. The second-order valence-electron chi connectivity index (χ2n) is 7.72. The first kappa shape index (κ1) is 24.8. The van der Waals surface area contributed by atoms with Gasteiger partial charge in [0.2, 0.25) is 5.88 Å². The minimum Gasteiger partial charge on any atom is -0.493 e. The molecule has 1 amide bonds. The van der Waals surface area contributed by atoms with Crippen LogP contribution in [0.15, 0.2) is 39.3 Å². The lowest BCUT2D eigenvalue weighted by atomic mass is 9.99. The van der Waals surface area contributed by atoms with E-state index >= 15 is 0 Å². The number of hydrogen-bond donors (Lipinski definition) is 2. The fourth-order valence-corrected chi connectivity index (χ4v) is 3.45. The van der Waals surface area contributed by atoms with Crippen LogP contribution in [0.25, 0.3) is 0 Å². The van der Waals surface area contributed by atoms with Crippen molar-refractivity contribution in [3.63, 3.8) is 0 Å². The van der Waals surface area contributed by atoms with Crippen LogP contribution in [0.1, 0.15) is 67.9 Å². The number of carbonyl (C=O) groups excluding carboxylic acids is 1. The number of amides is 1. The molecule has 1 unspecified atom stereocenters. The second kappa shape index (κ2) is 11.8. The summed E-state index contributed by atoms with van der Waals surface area (Å²) in [6.45, 7) is 8.43. The molecule has 8 heteroatoms. The van der Waals surface area contributed by atoms with Crippen molar-refractivity contribution >= 4 is 17.3 Å². The molecule has 0 aliphatic heterocycles. The van der Waals surface area contributed by atoms with Gasteiger partial charge in [-0.3, -0.25) is 14.2 Å². The number of aromatic hydroxyl groups is 1. The summed E-state index contributed by atoms with van der Waals surface area (Å²) in [6, 6.07) is 8.49. The van der Waals surface area contributed by atoms with Gasteiger partial charge in [-0.15, -0.1) is 5.11 Å². The van der Waals surface area contributed by atoms with E-state index in [-0.39, 0.29) is 34.5 Å². The standard InChI is InChI=1S/C24H31N5O3/c1-5-8-9-17(6-2)15-29-23(31)20(14-25)16(4)21(24(29)32)28-27-19-12-10-18(11-13-19)22(30)26-7-3/h10-13,17,31H,5-9,15H2,1-4H3,(H,26,30). The van der Waals surface area contributed by atoms with Crippen molar-refractivity contribution in [1.82, 2.24) is 9.88 Å². The van der Waals surface area contributed by atoms with Crippen molar-refractivity contribution in [1.29, 1.82) is 5.26 Å². The van der Waals surface area contributed by atoms with Crippen LogP contribution < -0.4 is 10.9 Å². The highest BCUT2D eigenvalue weighted by Crippen LogP contribution is 2.28. The van der Waals surface area contributed by atoms with Crippen LogP contribution in [0.5, 0.6) is 5.88 Å². The van der Waals surface area contributed by atoms with E-state index in [1.165, 1.54) is 4.57 Å². The molecule has 8 nitrogen and oxygen atoms in total. The first-order valence-electron chi connectivity index (χ1n) is 11.0. The number of aromatic nitrogens is 1. The third-order valence-corrected chi connectivity index (χ3v) is 5.49. The lowest BCUT2D eigenvalue weighted by Crippen LogP contribution is -2.25. The number of hydrogen-bond acceptors (Lipinski definition) is 6. The predicted molar refractivity (Wildman–Crippen MR) is 124 cm³/mol. The molecule has 0 fully saturated rings. The Balaban J connectivity index is 2.42. The number of nitriles is 1. The molecule has 0 spiro atoms. The third-order valence-electron chi connectivity index (χ3n) is 5.49. The molecule has 0 bridgehead atoms. The lowest BCUT2D eigenvalue weighted by molar-refractivity contribution is 0.0956. The van der Waals surface area contributed by atoms with Crippen molar-refractivity contribution < 1.29 is 9.90 Å². The van der Waals surface area contributed by atoms with Gasteiger partial charge < -0.3 is 10.4 Å². The van der Waals surface area contributed by atoms with Gasteiger partial charge in [0, 0.05) is 24.2 Å². The maximum atomic E-state index is 13.1. The molecule has 2 aromatic rings. The van der Waals surface area contributed by atoms with E-state index in [2.05, 4.69) is 22.5 Å². The minimum absolute atomic E-state index is 0.0236. The number of nitrogens with one attached hydrogen (secondary N) is 1. The Hall–Kier alpha value is -3.47. The number of azo groups is 1. The van der Waals surface area contributed by atoms with Gasteiger partial charge in [-0.1, -0.05) is 33.1 Å². The fourth-order valence-electron chi connectivity index (χ4n) is 3.45. The summed E-state index contributed by atoms with van der Waals surface area (Å²) < 4.78 is 1.24. The van der Waals surface area contributed by atoms with Crippen molar-refractivity contribution in [2.75, 3.05) is 6.54 Å². The van der Waals surface area contributed by atoms with Gasteiger partial charge in [-0.05, 0) is 50.5 Å². The molecule has 1 heterocycles. The van der Waals surface area contributed by atoms with Crippen molar-refractivity contribution in [3.8, 4) is 11.9 Å². The molecule has 1 aromatic heterocycles. The Morgan fingerprint density at radius 2 is 1.91 bits per heavy atom. The number of carbonyl (C=O) groups is 1. The van der Waals surface area contributed by atoms with Crippen LogP contribution in [-0.2, 0) is 6.54 Å². The van der Waals surface area contributed by atoms with Gasteiger partial charge in [0.15, 0.2) is 5.69 Å². The first-order chi connectivity index (χ1) is 15.4. The maximum Gasteiger partial charge on any atom is 0.281 e. The Morgan fingerprint density at radius 3 is 2.47 bits per heavy atom. The van der Waals surface area contributed by atoms with E-state index in [0.29, 0.717) is 24.3 Å². The molecular formula is C24H31N5O3. The molecule has 2 N–H and O–H groups in total. The summed E-state index contributed by atoms with van der Waals surface area (Å²) >= 11 is 0. The Morgan fingerprint density at radius 1 is 1.22 bits per heavy atom. The highest BCUT2D eigenvalue weighted by atomic mass is 16.3. The molecule has 170 valence electrons. The van der Waals surface area contributed by atoms with E-state index in [1.807, 2.05) is 19.9 Å². The zero-order valence-corrected chi connectivity index (χ0v) is 19.2. The number of unbranched alkanes of at least 4 members (excludes halogenated alkanes) is 1. The molecule has 1 aromatic carbocycles. The number of nitrogens with zero attached hydrogens (tertiary/aromatic N) is 4. The minimum atomic E-state index is -0.475. The average molecular weight is 438 g/mol. The van der Waals surface area contributed by atoms with Gasteiger partial charge in [-0.25, -0.2) is 0 Å². The second-order valence-corrected chi connectivity index (χ2v) is 7.72. The first-order valence-corrected chi connectivity index (χ1v) is 11.0. The SMILES string of the molecule is CCCCC(CC)Cn1c(O)c(C#N)c(C)c(N=Nc2ccc(C(=O)NCC)cc2)c1=O. The van der Waals surface area contributed by atoms with E-state index in [9.17, 15) is 20.0 Å². The summed E-state index contributed by atoms with van der Waals surface area (Å²) in [5.74, 6) is -0.296. The van der Waals surface area contributed by atoms with E-state index in [0.717, 1.165) is 25.7 Å². The highest BCUT2D eigenvalue weighted by Gasteiger charge is 2.21. The zero-order valence-electron chi connectivity index (χ0n) is 19.2. The van der Waals surface area contributed by atoms with Crippen LogP contribution in [0, 0.1) is 24.2 Å². The van der Waals surface area contributed by atoms with Crippen LogP contribution >= 0.6 is 0 Å². The van der Waals surface area contributed by atoms with Gasteiger partial charge in [0.1, 0.15) is 11.6 Å². The maximum absolute atomic E-state index is 13.1. The lowest BCUT2D eigenvalue weighted by Gasteiger charge is -2.19. The molecule has 0 saturated heterocycles. The largest absolute Gasteiger partial charge is 0.493 e. The Labute approximate surface area is 188 Å². The third kappa shape index (κ3) is 5.82. The summed E-state index contributed by atoms with van der Waals surface area (Å²) in [6.07, 6.45) is 3.87. The van der Waals surface area contributed by atoms with Crippen LogP contribution in [0.4, 0.5) is 11.4 Å². The summed E-state index contributed by atoms with van der Waals surface area (Å²) in [5, 5.41) is 31.1. The van der Waals surface area contributed by atoms with Crippen molar-refractivity contribution in [2.24, 2.45) is 16.1 Å². The Bertz CT molecular complexity index is 1070. The molecule has 0 aliphatic rings. The summed E-state index contributed by atoms with van der Waals surface area (Å²) in [4.78, 5) is 25.0. The van der Waals surface area contributed by atoms with Crippen LogP contribution in [0.3, 0.4) is 0 Å². The van der Waals surface area contributed by atoms with Gasteiger partial charge >= 0.3 is 0 Å².